The van der Waals surface area contributed by atoms with Crippen molar-refractivity contribution in [2.24, 2.45) is 18.9 Å². The van der Waals surface area contributed by atoms with Crippen molar-refractivity contribution in [2.75, 3.05) is 11.1 Å². The molecule has 3 aromatic heterocycles. The molecule has 1 saturated carbocycles. The van der Waals surface area contributed by atoms with Crippen LogP contribution in [0.3, 0.4) is 0 Å². The highest BCUT2D eigenvalue weighted by molar-refractivity contribution is 6.02. The van der Waals surface area contributed by atoms with Crippen molar-refractivity contribution >= 4 is 39.1 Å². The van der Waals surface area contributed by atoms with Crippen LogP contribution < -0.4 is 11.1 Å². The van der Waals surface area contributed by atoms with Crippen molar-refractivity contribution in [1.29, 1.82) is 5.26 Å². The van der Waals surface area contributed by atoms with Gasteiger partial charge in [-0.3, -0.25) is 14.5 Å². The minimum absolute atomic E-state index is 0.170. The van der Waals surface area contributed by atoms with Gasteiger partial charge in [0.2, 0.25) is 5.91 Å². The molecule has 4 aromatic rings. The molecule has 0 radical (unpaired) electrons. The number of nitriles is 1. The van der Waals surface area contributed by atoms with E-state index in [1.54, 1.807) is 29.3 Å². The van der Waals surface area contributed by atoms with Gasteiger partial charge < -0.3 is 11.1 Å². The van der Waals surface area contributed by atoms with Crippen molar-refractivity contribution in [3.8, 4) is 17.2 Å². The molecule has 8 heteroatoms. The molecule has 1 aliphatic rings. The van der Waals surface area contributed by atoms with E-state index >= 15 is 0 Å². The molecule has 2 atom stereocenters. The number of benzene rings is 1. The number of rotatable bonds is 3. The van der Waals surface area contributed by atoms with E-state index < -0.39 is 0 Å². The highest BCUT2D eigenvalue weighted by atomic mass is 16.2. The summed E-state index contributed by atoms with van der Waals surface area (Å²) in [5.74, 6) is -0.162. The number of hydrogen-bond acceptors (Lipinski definition) is 6. The number of nitrogens with two attached hydrogens (primary N) is 1. The number of amides is 1. The number of fused-ring (bicyclic) bond motifs is 2. The van der Waals surface area contributed by atoms with Gasteiger partial charge >= 0.3 is 0 Å². The van der Waals surface area contributed by atoms with E-state index in [-0.39, 0.29) is 17.7 Å². The lowest BCUT2D eigenvalue weighted by molar-refractivity contribution is -0.117. The van der Waals surface area contributed by atoms with Gasteiger partial charge in [-0.2, -0.15) is 10.4 Å². The summed E-state index contributed by atoms with van der Waals surface area (Å²) < 4.78 is 1.75. The van der Waals surface area contributed by atoms with Gasteiger partial charge in [0.15, 0.2) is 0 Å². The van der Waals surface area contributed by atoms with Gasteiger partial charge in [-0.05, 0) is 35.6 Å². The predicted octanol–water partition coefficient (Wildman–Crippen LogP) is 2.86. The van der Waals surface area contributed by atoms with Crippen LogP contribution in [0.1, 0.15) is 6.42 Å². The summed E-state index contributed by atoms with van der Waals surface area (Å²) in [5.41, 5.74) is 9.53. The van der Waals surface area contributed by atoms with Gasteiger partial charge in [-0.25, -0.2) is 4.98 Å². The molecule has 1 aliphatic carbocycles. The number of anilines is 2. The summed E-state index contributed by atoms with van der Waals surface area (Å²) in [4.78, 5) is 20.8. The maximum Gasteiger partial charge on any atom is 0.230 e. The van der Waals surface area contributed by atoms with E-state index in [0.717, 1.165) is 32.8 Å². The molecule has 0 unspecified atom stereocenters. The molecule has 1 amide bonds. The molecule has 3 N–H and O–H groups in total. The number of aryl methyl sites for hydroxylation is 1. The Kier molecular flexibility index (Phi) is 3.71. The minimum atomic E-state index is -0.247. The van der Waals surface area contributed by atoms with Crippen LogP contribution in [0.2, 0.25) is 0 Å². The van der Waals surface area contributed by atoms with Gasteiger partial charge in [-0.1, -0.05) is 0 Å². The largest absolute Gasteiger partial charge is 0.398 e. The lowest BCUT2D eigenvalue weighted by Gasteiger charge is -2.10. The van der Waals surface area contributed by atoms with Gasteiger partial charge in [0.1, 0.15) is 11.3 Å². The fourth-order valence-electron chi connectivity index (χ4n) is 3.65. The van der Waals surface area contributed by atoms with Crippen LogP contribution in [-0.2, 0) is 11.8 Å². The third-order valence-electron chi connectivity index (χ3n) is 5.27. The lowest BCUT2D eigenvalue weighted by Crippen LogP contribution is -2.15. The minimum Gasteiger partial charge on any atom is -0.398 e. The van der Waals surface area contributed by atoms with Crippen molar-refractivity contribution < 1.29 is 4.79 Å². The zero-order valence-corrected chi connectivity index (χ0v) is 15.6. The SMILES string of the molecule is Cn1cc2c(-c3cc(N)c4cnc(NC(=O)[C@@H]5C[C@H]5C#N)cc4c3)cncc2n1. The molecule has 1 fully saturated rings. The first-order valence-electron chi connectivity index (χ1n) is 9.21. The molecular weight excluding hydrogens is 366 g/mol. The number of nitrogens with zero attached hydrogens (tertiary/aromatic N) is 5. The highest BCUT2D eigenvalue weighted by Gasteiger charge is 2.43. The third-order valence-corrected chi connectivity index (χ3v) is 5.27. The van der Waals surface area contributed by atoms with Crippen molar-refractivity contribution in [2.45, 2.75) is 6.42 Å². The first-order valence-corrected chi connectivity index (χ1v) is 9.21. The normalized spacial score (nSPS) is 17.9. The molecule has 8 nitrogen and oxygen atoms in total. The first kappa shape index (κ1) is 17.1. The van der Waals surface area contributed by atoms with Crippen LogP contribution in [0.15, 0.2) is 43.0 Å². The molecule has 3 heterocycles. The smallest absolute Gasteiger partial charge is 0.230 e. The molecule has 0 bridgehead atoms. The van der Waals surface area contributed by atoms with Crippen LogP contribution in [0, 0.1) is 23.2 Å². The second kappa shape index (κ2) is 6.27. The average Bonchev–Trinajstić information content (AvgIpc) is 3.40. The van der Waals surface area contributed by atoms with Gasteiger partial charge in [-0.15, -0.1) is 0 Å². The van der Waals surface area contributed by atoms with Crippen molar-refractivity contribution in [3.05, 3.63) is 43.0 Å². The monoisotopic (exact) mass is 383 g/mol. The number of carbonyl (C=O) groups is 1. The van der Waals surface area contributed by atoms with Crippen molar-refractivity contribution in [3.63, 3.8) is 0 Å². The lowest BCUT2D eigenvalue weighted by atomic mass is 10.00. The van der Waals surface area contributed by atoms with E-state index in [4.69, 9.17) is 11.0 Å². The molecular formula is C21H17N7O. The Hall–Kier alpha value is -3.99. The van der Waals surface area contributed by atoms with Gasteiger partial charge in [0.05, 0.1) is 24.1 Å². The number of carbonyl (C=O) groups excluding carboxylic acids is 1. The second-order valence-corrected chi connectivity index (χ2v) is 7.35. The Bertz CT molecular complexity index is 1330. The van der Waals surface area contributed by atoms with E-state index in [0.29, 0.717) is 17.9 Å². The van der Waals surface area contributed by atoms with Crippen LogP contribution in [0.25, 0.3) is 32.8 Å². The third kappa shape index (κ3) is 2.93. The van der Waals surface area contributed by atoms with E-state index in [1.165, 1.54) is 0 Å². The van der Waals surface area contributed by atoms with Crippen LogP contribution in [-0.4, -0.2) is 25.7 Å². The highest BCUT2D eigenvalue weighted by Crippen LogP contribution is 2.39. The van der Waals surface area contributed by atoms with E-state index in [9.17, 15) is 4.79 Å². The number of nitrogens with one attached hydrogen (secondary N) is 1. The summed E-state index contributed by atoms with van der Waals surface area (Å²) in [6.07, 6.45) is 7.74. The second-order valence-electron chi connectivity index (χ2n) is 7.35. The topological polar surface area (TPSA) is 123 Å². The molecule has 29 heavy (non-hydrogen) atoms. The number of hydrogen-bond donors (Lipinski definition) is 2. The average molecular weight is 383 g/mol. The maximum absolute atomic E-state index is 12.2. The molecule has 1 aromatic carbocycles. The molecule has 5 rings (SSSR count). The van der Waals surface area contributed by atoms with Crippen LogP contribution >= 0.6 is 0 Å². The van der Waals surface area contributed by atoms with Gasteiger partial charge in [0, 0.05) is 47.7 Å². The predicted molar refractivity (Wildman–Crippen MR) is 109 cm³/mol. The Morgan fingerprint density at radius 1 is 1.28 bits per heavy atom. The van der Waals surface area contributed by atoms with E-state index in [1.807, 2.05) is 25.4 Å². The fraction of sp³-hybridized carbons (Fsp3) is 0.190. The number of nitrogen functional groups attached to an aromatic ring is 1. The number of aromatic nitrogens is 4. The summed E-state index contributed by atoms with van der Waals surface area (Å²) in [7, 11) is 1.87. The summed E-state index contributed by atoms with van der Waals surface area (Å²) >= 11 is 0. The molecule has 142 valence electrons. The molecule has 0 aliphatic heterocycles. The van der Waals surface area contributed by atoms with Crippen LogP contribution in [0.4, 0.5) is 11.5 Å². The Morgan fingerprint density at radius 2 is 2.14 bits per heavy atom. The van der Waals surface area contributed by atoms with Crippen molar-refractivity contribution in [1.82, 2.24) is 19.7 Å². The standard InChI is InChI=1S/C21H17N7O/c1-28-10-17-15(7-24-9-19(17)27-28)11-2-12-5-20(25-8-16(12)18(23)4-11)26-21(29)14-3-13(14)6-22/h2,4-5,7-10,13-14H,3,23H2,1H3,(H,25,26,29)/t13-,14+/m0/s1. The number of pyridine rings is 2. The van der Waals surface area contributed by atoms with Crippen LogP contribution in [0.5, 0.6) is 0 Å². The maximum atomic E-state index is 12.2. The zero-order chi connectivity index (χ0) is 20.1. The quantitative estimate of drug-likeness (QED) is 0.525. The van der Waals surface area contributed by atoms with Gasteiger partial charge in [0.25, 0.3) is 0 Å². The Balaban J connectivity index is 1.56. The Labute approximate surface area is 166 Å². The Morgan fingerprint density at radius 3 is 2.93 bits per heavy atom. The van der Waals surface area contributed by atoms with E-state index in [2.05, 4.69) is 26.5 Å². The summed E-state index contributed by atoms with van der Waals surface area (Å²) in [5, 5.41) is 18.8. The molecule has 0 spiro atoms. The molecule has 0 saturated heterocycles. The summed E-state index contributed by atoms with van der Waals surface area (Å²) in [6.45, 7) is 0. The first-order chi connectivity index (χ1) is 14.0. The fourth-order valence-corrected chi connectivity index (χ4v) is 3.65. The zero-order valence-electron chi connectivity index (χ0n) is 15.6. The summed E-state index contributed by atoms with van der Waals surface area (Å²) in [6, 6.07) is 7.82.